The molecule has 14 heteroatoms. The fourth-order valence-electron chi connectivity index (χ4n) is 3.03. The summed E-state index contributed by atoms with van der Waals surface area (Å²) >= 11 is 1.80. The molecule has 1 aliphatic rings. The van der Waals surface area contributed by atoms with Crippen molar-refractivity contribution in [1.29, 1.82) is 0 Å². The Hall–Kier alpha value is -4.07. The largest absolute Gasteiger partial charge is 0.490 e. The Kier molecular flexibility index (Phi) is 11.3. The minimum absolute atomic E-state index is 0.0578. The summed E-state index contributed by atoms with van der Waals surface area (Å²) < 4.78 is 63.5. The van der Waals surface area contributed by atoms with Crippen molar-refractivity contribution in [3.8, 4) is 0 Å². The Morgan fingerprint density at radius 1 is 0.795 bits per heavy atom. The van der Waals surface area contributed by atoms with Gasteiger partial charge in [0.05, 0.1) is 11.8 Å². The van der Waals surface area contributed by atoms with E-state index in [0.717, 1.165) is 17.2 Å². The van der Waals surface area contributed by atoms with Crippen LogP contribution in [0.3, 0.4) is 0 Å². The average Bonchev–Trinajstić information content (AvgIpc) is 3.33. The second kappa shape index (κ2) is 14.2. The van der Waals surface area contributed by atoms with Gasteiger partial charge in [0.15, 0.2) is 0 Å². The Labute approximate surface area is 222 Å². The fraction of sp³-hybridized carbons (Fsp3) is 0.200. The van der Waals surface area contributed by atoms with E-state index in [0.29, 0.717) is 0 Å². The molecule has 2 atom stereocenters. The van der Waals surface area contributed by atoms with Gasteiger partial charge in [0, 0.05) is 17.3 Å². The van der Waals surface area contributed by atoms with Crippen LogP contribution in [-0.4, -0.2) is 51.1 Å². The summed E-state index contributed by atoms with van der Waals surface area (Å²) in [5.41, 5.74) is 2.39. The smallest absolute Gasteiger partial charge is 0.475 e. The zero-order valence-corrected chi connectivity index (χ0v) is 20.5. The molecule has 0 aliphatic carbocycles. The maximum absolute atomic E-state index is 10.6. The number of benzene rings is 2. The predicted octanol–water partition coefficient (Wildman–Crippen LogP) is 5.92. The number of nitrogens with zero attached hydrogens (tertiary/aromatic N) is 2. The van der Waals surface area contributed by atoms with E-state index in [2.05, 4.69) is 64.9 Å². The molecule has 2 heterocycles. The minimum atomic E-state index is -5.08. The van der Waals surface area contributed by atoms with Crippen LogP contribution in [0.2, 0.25) is 0 Å². The average molecular weight is 574 g/mol. The number of carboxylic acids is 2. The number of carbonyl (C=O) groups is 2. The lowest BCUT2D eigenvalue weighted by Gasteiger charge is -2.19. The molecule has 208 valence electrons. The zero-order valence-electron chi connectivity index (χ0n) is 19.7. The van der Waals surface area contributed by atoms with Crippen LogP contribution in [0.25, 0.3) is 0 Å². The summed E-state index contributed by atoms with van der Waals surface area (Å²) in [5.74, 6) is -3.64. The molecule has 2 aromatic carbocycles. The van der Waals surface area contributed by atoms with E-state index in [1.54, 1.807) is 18.0 Å². The van der Waals surface area contributed by atoms with Gasteiger partial charge in [-0.25, -0.2) is 9.59 Å². The topological polar surface area (TPSA) is 112 Å². The summed E-state index contributed by atoms with van der Waals surface area (Å²) in [7, 11) is 0. The number of carboxylic acid groups (broad SMARTS) is 2. The van der Waals surface area contributed by atoms with Crippen LogP contribution in [-0.2, 0) is 9.59 Å². The molecule has 0 saturated carbocycles. The molecule has 3 aromatic rings. The summed E-state index contributed by atoms with van der Waals surface area (Å²) in [6, 6.07) is 25.2. The van der Waals surface area contributed by atoms with E-state index in [4.69, 9.17) is 24.8 Å². The summed E-state index contributed by atoms with van der Waals surface area (Å²) in [6.07, 6.45) is -6.45. The van der Waals surface area contributed by atoms with Crippen molar-refractivity contribution < 1.29 is 46.1 Å². The highest BCUT2D eigenvalue weighted by Gasteiger charge is 2.39. The van der Waals surface area contributed by atoms with Crippen LogP contribution in [0.15, 0.2) is 95.1 Å². The molecule has 39 heavy (non-hydrogen) atoms. The summed E-state index contributed by atoms with van der Waals surface area (Å²) in [4.78, 5) is 28.3. The highest BCUT2D eigenvalue weighted by Crippen LogP contribution is 2.36. The number of hydrogen-bond acceptors (Lipinski definition) is 6. The highest BCUT2D eigenvalue weighted by atomic mass is 32.2. The molecule has 0 fully saturated rings. The number of thioether (sulfide) groups is 1. The van der Waals surface area contributed by atoms with Gasteiger partial charge in [-0.3, -0.25) is 9.98 Å². The van der Waals surface area contributed by atoms with Crippen molar-refractivity contribution in [1.82, 2.24) is 10.3 Å². The molecule has 3 N–H and O–H groups in total. The molecule has 0 bridgehead atoms. The number of amidine groups is 1. The first kappa shape index (κ1) is 31.1. The first-order valence-electron chi connectivity index (χ1n) is 10.8. The van der Waals surface area contributed by atoms with Crippen LogP contribution in [0.4, 0.5) is 26.3 Å². The Morgan fingerprint density at radius 3 is 1.74 bits per heavy atom. The first-order chi connectivity index (χ1) is 18.3. The van der Waals surface area contributed by atoms with Gasteiger partial charge in [-0.2, -0.15) is 26.3 Å². The number of hydrogen-bond donors (Lipinski definition) is 3. The second-order valence-electron chi connectivity index (χ2n) is 7.55. The van der Waals surface area contributed by atoms with Crippen molar-refractivity contribution in [3.05, 3.63) is 96.3 Å². The number of nitrogens with one attached hydrogen (secondary N) is 1. The molecular weight excluding hydrogens is 552 g/mol. The maximum Gasteiger partial charge on any atom is 0.490 e. The van der Waals surface area contributed by atoms with Gasteiger partial charge in [-0.15, -0.1) is 11.8 Å². The molecule has 0 unspecified atom stereocenters. The van der Waals surface area contributed by atoms with Gasteiger partial charge in [0.25, 0.3) is 0 Å². The van der Waals surface area contributed by atoms with Crippen molar-refractivity contribution in [2.45, 2.75) is 29.3 Å². The van der Waals surface area contributed by atoms with Crippen molar-refractivity contribution >= 4 is 29.5 Å². The van der Waals surface area contributed by atoms with Gasteiger partial charge in [0.2, 0.25) is 0 Å². The molecule has 0 radical (unpaired) electrons. The van der Waals surface area contributed by atoms with Crippen LogP contribution < -0.4 is 5.32 Å². The van der Waals surface area contributed by atoms with E-state index < -0.39 is 24.3 Å². The summed E-state index contributed by atoms with van der Waals surface area (Å²) in [6.45, 7) is 0. The van der Waals surface area contributed by atoms with Gasteiger partial charge < -0.3 is 15.5 Å². The van der Waals surface area contributed by atoms with E-state index in [9.17, 15) is 26.3 Å². The van der Waals surface area contributed by atoms with Crippen LogP contribution in [0, 0.1) is 0 Å². The minimum Gasteiger partial charge on any atom is -0.475 e. The Morgan fingerprint density at radius 2 is 1.28 bits per heavy atom. The highest BCUT2D eigenvalue weighted by molar-refractivity contribution is 8.00. The molecule has 1 aromatic heterocycles. The summed E-state index contributed by atoms with van der Waals surface area (Å²) in [5, 5.41) is 17.9. The Bertz CT molecular complexity index is 1200. The van der Waals surface area contributed by atoms with Gasteiger partial charge >= 0.3 is 24.3 Å². The standard InChI is InChI=1S/C21H19N3S.2C2HF3O2/c1-3-8-16(9-4-1)20-21(17-10-7-13-22-14-17)24-19(23-20)15-25-18-11-5-2-6-12-18;2*3-2(4,5)1(6)7/h1-14,20-21H,15H2,(H,23,24);2*(H,6,7)/t20-,21+;;/m1../s1. The van der Waals surface area contributed by atoms with Crippen LogP contribution >= 0.6 is 11.8 Å². The normalized spacial score (nSPS) is 16.4. The van der Waals surface area contributed by atoms with Crippen molar-refractivity contribution in [2.75, 3.05) is 5.75 Å². The second-order valence-corrected chi connectivity index (χ2v) is 8.60. The molecule has 0 amide bonds. The number of aromatic nitrogens is 1. The van der Waals surface area contributed by atoms with E-state index in [1.165, 1.54) is 10.5 Å². The number of aliphatic carboxylic acids is 2. The van der Waals surface area contributed by atoms with Gasteiger partial charge in [-0.1, -0.05) is 54.6 Å². The lowest BCUT2D eigenvalue weighted by Crippen LogP contribution is -2.25. The number of aliphatic imine (C=N–C) groups is 1. The number of pyridine rings is 1. The lowest BCUT2D eigenvalue weighted by molar-refractivity contribution is -0.193. The number of halogens is 6. The Balaban J connectivity index is 0.000000317. The predicted molar refractivity (Wildman–Crippen MR) is 131 cm³/mol. The monoisotopic (exact) mass is 573 g/mol. The van der Waals surface area contributed by atoms with Crippen LogP contribution in [0.5, 0.6) is 0 Å². The molecule has 4 rings (SSSR count). The third kappa shape index (κ3) is 10.7. The zero-order chi connectivity index (χ0) is 29.1. The van der Waals surface area contributed by atoms with E-state index in [1.807, 2.05) is 24.4 Å². The fourth-order valence-corrected chi connectivity index (χ4v) is 3.84. The lowest BCUT2D eigenvalue weighted by atomic mass is 9.96. The van der Waals surface area contributed by atoms with Gasteiger partial charge in [0.1, 0.15) is 11.9 Å². The molecule has 1 aliphatic heterocycles. The third-order valence-electron chi connectivity index (χ3n) is 4.72. The van der Waals surface area contributed by atoms with E-state index in [-0.39, 0.29) is 12.1 Å². The van der Waals surface area contributed by atoms with Gasteiger partial charge in [-0.05, 0) is 29.3 Å². The SMILES string of the molecule is O=C(O)C(F)(F)F.O=C(O)C(F)(F)F.c1ccc(SCC2=N[C@@H](c3cccnc3)[C@@H](c3ccccc3)N2)cc1. The quantitative estimate of drug-likeness (QED) is 0.257. The molecule has 7 nitrogen and oxygen atoms in total. The molecule has 0 spiro atoms. The first-order valence-corrected chi connectivity index (χ1v) is 11.8. The molecular formula is C25H21F6N3O4S. The van der Waals surface area contributed by atoms with Crippen LogP contribution in [0.1, 0.15) is 23.2 Å². The van der Waals surface area contributed by atoms with Crippen molar-refractivity contribution in [2.24, 2.45) is 4.99 Å². The maximum atomic E-state index is 10.6. The molecule has 0 saturated heterocycles. The number of alkyl halides is 6. The number of rotatable bonds is 5. The third-order valence-corrected chi connectivity index (χ3v) is 5.74. The van der Waals surface area contributed by atoms with E-state index >= 15 is 0 Å². The van der Waals surface area contributed by atoms with Crippen molar-refractivity contribution in [3.63, 3.8) is 0 Å².